The number of benzene rings is 2. The number of hydrogen-bond acceptors (Lipinski definition) is 4. The second-order valence-corrected chi connectivity index (χ2v) is 6.95. The van der Waals surface area contributed by atoms with Gasteiger partial charge < -0.3 is 24.3 Å². The summed E-state index contributed by atoms with van der Waals surface area (Å²) in [6.45, 7) is -0.847. The number of aromatic nitrogens is 1. The molecule has 0 aliphatic carbocycles. The average molecular weight is 396 g/mol. The van der Waals surface area contributed by atoms with Gasteiger partial charge in [-0.25, -0.2) is 0 Å². The molecule has 4 heterocycles. The molecule has 0 spiro atoms. The number of nitrogens with one attached hydrogen (secondary N) is 1. The molecule has 6 rings (SSSR count). The van der Waals surface area contributed by atoms with Crippen molar-refractivity contribution >= 4 is 22.7 Å². The molecule has 3 aliphatic heterocycles. The van der Waals surface area contributed by atoms with Crippen LogP contribution in [0.2, 0.25) is 0 Å². The van der Waals surface area contributed by atoms with Gasteiger partial charge in [0.25, 0.3) is 0 Å². The van der Waals surface area contributed by atoms with E-state index in [1.165, 1.54) is 7.05 Å². The highest BCUT2D eigenvalue weighted by Crippen LogP contribution is 2.44. The Morgan fingerprint density at radius 2 is 2.07 bits per heavy atom. The fraction of sp³-hybridized carbons (Fsp3) is 0.273. The molecule has 1 N–H and O–H groups in total. The predicted octanol–water partition coefficient (Wildman–Crippen LogP) is 2.21. The third-order valence-electron chi connectivity index (χ3n) is 5.19. The van der Waals surface area contributed by atoms with Gasteiger partial charge in [-0.15, -0.1) is 0 Å². The molecule has 7 heteroatoms. The first-order valence-electron chi connectivity index (χ1n) is 12.5. The molecule has 3 aliphatic rings. The fourth-order valence-corrected chi connectivity index (χ4v) is 3.86. The number of nitrogens with zero attached hydrogens (tertiary/aromatic N) is 2. The maximum absolute atomic E-state index is 13.5. The van der Waals surface area contributed by atoms with Crippen LogP contribution in [0.5, 0.6) is 11.5 Å². The zero-order chi connectivity index (χ0) is 25.9. The summed E-state index contributed by atoms with van der Waals surface area (Å²) in [5.74, 6) is -2.33. The molecule has 2 amide bonds. The highest BCUT2D eigenvalue weighted by Gasteiger charge is 2.47. The van der Waals surface area contributed by atoms with Crippen LogP contribution in [-0.4, -0.2) is 53.0 Å². The van der Waals surface area contributed by atoms with E-state index in [4.69, 9.17) is 16.3 Å². The highest BCUT2D eigenvalue weighted by atomic mass is 16.7. The number of fused-ring (bicyclic) bond motifs is 5. The maximum Gasteiger partial charge on any atom is 0.245 e. The van der Waals surface area contributed by atoms with Crippen molar-refractivity contribution in [2.75, 3.05) is 20.4 Å². The monoisotopic (exact) mass is 396 g/mol. The Balaban J connectivity index is 1.82. The van der Waals surface area contributed by atoms with Crippen molar-refractivity contribution in [3.63, 3.8) is 0 Å². The Morgan fingerprint density at radius 1 is 1.24 bits per heavy atom. The molecule has 146 valence electrons. The van der Waals surface area contributed by atoms with Crippen LogP contribution < -0.4 is 9.47 Å². The lowest BCUT2D eigenvalue weighted by molar-refractivity contribution is -0.157. The first-order chi connectivity index (χ1) is 16.9. The Morgan fingerprint density at radius 3 is 2.97 bits per heavy atom. The number of ether oxygens (including phenoxy) is 2. The summed E-state index contributed by atoms with van der Waals surface area (Å²) in [5.41, 5.74) is -0.520. The van der Waals surface area contributed by atoms with Crippen LogP contribution in [0.4, 0.5) is 0 Å². The molecular weight excluding hydrogens is 370 g/mol. The Hall–Kier alpha value is -3.48. The number of aromatic amines is 1. The van der Waals surface area contributed by atoms with E-state index in [2.05, 4.69) is 4.98 Å². The second kappa shape index (κ2) is 5.76. The summed E-state index contributed by atoms with van der Waals surface area (Å²) in [6.07, 6.45) is -2.79. The zero-order valence-corrected chi connectivity index (χ0v) is 15.3. The first kappa shape index (κ1) is 10.9. The van der Waals surface area contributed by atoms with E-state index in [1.807, 2.05) is 0 Å². The summed E-state index contributed by atoms with van der Waals surface area (Å²) in [6, 6.07) is -0.721. The number of rotatable bonds is 1. The molecule has 3 aromatic rings. The van der Waals surface area contributed by atoms with Crippen molar-refractivity contribution in [1.29, 1.82) is 0 Å². The molecule has 0 saturated carbocycles. The van der Waals surface area contributed by atoms with Gasteiger partial charge in [0, 0.05) is 32.8 Å². The third kappa shape index (κ3) is 2.24. The summed E-state index contributed by atoms with van der Waals surface area (Å²) < 4.78 is 73.5. The smallest absolute Gasteiger partial charge is 0.245 e. The SMILES string of the molecule is [2H]c1c([2H])c([C@]2([2H])c3[nH]c4ccccc4c3C([2H])([2H])[C@]3([2H])C(=O)N(C)CC(=O)N23)c([2H])c2c1OCO2. The highest BCUT2D eigenvalue weighted by molar-refractivity contribution is 5.97. The molecular formula is C22H19N3O4. The van der Waals surface area contributed by atoms with Gasteiger partial charge in [0.05, 0.1) is 19.4 Å². The summed E-state index contributed by atoms with van der Waals surface area (Å²) in [4.78, 5) is 31.4. The Kier molecular flexibility index (Phi) is 2.17. The van der Waals surface area contributed by atoms with Gasteiger partial charge in [-0.05, 0) is 29.3 Å². The predicted molar refractivity (Wildman–Crippen MR) is 105 cm³/mol. The third-order valence-corrected chi connectivity index (χ3v) is 5.19. The van der Waals surface area contributed by atoms with Gasteiger partial charge >= 0.3 is 0 Å². The minimum absolute atomic E-state index is 0.154. The van der Waals surface area contributed by atoms with Crippen LogP contribution in [-0.2, 0) is 16.0 Å². The minimum Gasteiger partial charge on any atom is -0.454 e. The second-order valence-electron chi connectivity index (χ2n) is 6.95. The van der Waals surface area contributed by atoms with Crippen LogP contribution >= 0.6 is 0 Å². The van der Waals surface area contributed by atoms with Gasteiger partial charge in [-0.2, -0.15) is 0 Å². The van der Waals surface area contributed by atoms with E-state index in [1.54, 1.807) is 24.3 Å². The largest absolute Gasteiger partial charge is 0.454 e. The molecule has 0 unspecified atom stereocenters. The van der Waals surface area contributed by atoms with Crippen LogP contribution in [0.3, 0.4) is 0 Å². The summed E-state index contributed by atoms with van der Waals surface area (Å²) in [7, 11) is 1.27. The fourth-order valence-electron chi connectivity index (χ4n) is 3.86. The number of H-pyrrole nitrogens is 1. The Labute approximate surface area is 176 Å². The van der Waals surface area contributed by atoms with E-state index in [-0.39, 0.29) is 29.5 Å². The number of para-hydroxylation sites is 1. The molecule has 0 radical (unpaired) electrons. The van der Waals surface area contributed by atoms with Gasteiger partial charge in [0.1, 0.15) is 6.02 Å². The lowest BCUT2D eigenvalue weighted by Gasteiger charge is -2.46. The molecule has 7 nitrogen and oxygen atoms in total. The standard InChI is InChI=1S/C22H19N3O4/c1-24-10-19(26)25-16(22(24)27)9-14-13-4-2-3-5-15(13)23-20(14)21(25)12-6-7-17-18(8-12)29-11-28-17/h2-8,16,21,23H,9-11H2,1H3/t16-,21-/m1/s1/i6D,7D,8D,9D2,16D,21D. The van der Waals surface area contributed by atoms with Crippen molar-refractivity contribution in [2.24, 2.45) is 0 Å². The van der Waals surface area contributed by atoms with Gasteiger partial charge in [0.15, 0.2) is 11.5 Å². The summed E-state index contributed by atoms with van der Waals surface area (Å²) in [5, 5.41) is 0.291. The minimum atomic E-state index is -2.95. The number of piperazine rings is 1. The number of carbonyl (C=O) groups is 2. The van der Waals surface area contributed by atoms with E-state index in [0.717, 1.165) is 4.90 Å². The van der Waals surface area contributed by atoms with Crippen molar-refractivity contribution in [2.45, 2.75) is 18.4 Å². The quantitative estimate of drug-likeness (QED) is 0.684. The lowest BCUT2D eigenvalue weighted by atomic mass is 9.86. The van der Waals surface area contributed by atoms with Gasteiger partial charge in [-0.1, -0.05) is 24.2 Å². The molecule has 29 heavy (non-hydrogen) atoms. The van der Waals surface area contributed by atoms with E-state index in [9.17, 15) is 12.3 Å². The van der Waals surface area contributed by atoms with Crippen LogP contribution in [0.25, 0.3) is 10.9 Å². The first-order valence-corrected chi connectivity index (χ1v) is 8.98. The number of amides is 2. The maximum atomic E-state index is 13.5. The number of carbonyl (C=O) groups excluding carboxylic acids is 2. The van der Waals surface area contributed by atoms with Gasteiger partial charge in [0.2, 0.25) is 18.6 Å². The zero-order valence-electron chi connectivity index (χ0n) is 22.3. The van der Waals surface area contributed by atoms with Gasteiger partial charge in [-0.3, -0.25) is 9.59 Å². The van der Waals surface area contributed by atoms with Crippen molar-refractivity contribution in [3.8, 4) is 11.5 Å². The summed E-state index contributed by atoms with van der Waals surface area (Å²) >= 11 is 0. The molecule has 1 aromatic heterocycles. The van der Waals surface area contributed by atoms with Crippen molar-refractivity contribution < 1.29 is 28.7 Å². The lowest BCUT2D eigenvalue weighted by Crippen LogP contribution is -2.62. The van der Waals surface area contributed by atoms with Crippen LogP contribution in [0, 0.1) is 0 Å². The number of hydrogen-bond donors (Lipinski definition) is 1. The topological polar surface area (TPSA) is 74.9 Å². The van der Waals surface area contributed by atoms with E-state index < -0.39 is 60.5 Å². The molecule has 0 bridgehead atoms. The van der Waals surface area contributed by atoms with E-state index in [0.29, 0.717) is 15.8 Å². The molecule has 1 fully saturated rings. The van der Waals surface area contributed by atoms with Crippen LogP contribution in [0.15, 0.2) is 42.4 Å². The van der Waals surface area contributed by atoms with Crippen LogP contribution in [0.1, 0.15) is 32.4 Å². The van der Waals surface area contributed by atoms with Crippen molar-refractivity contribution in [3.05, 3.63) is 59.2 Å². The molecule has 2 atom stereocenters. The molecule has 2 aromatic carbocycles. The number of likely N-dealkylation sites (N-methyl/N-ethyl adjacent to an activating group) is 1. The van der Waals surface area contributed by atoms with E-state index >= 15 is 0 Å². The average Bonchev–Trinajstić information content (AvgIpc) is 3.46. The molecule has 1 saturated heterocycles. The Bertz CT molecular complexity index is 1530. The normalized spacial score (nSPS) is 33.1. The van der Waals surface area contributed by atoms with Crippen molar-refractivity contribution in [1.82, 2.24) is 14.8 Å².